The van der Waals surface area contributed by atoms with Crippen LogP contribution in [0, 0.1) is 6.92 Å². The normalized spacial score (nSPS) is 11.0. The van der Waals surface area contributed by atoms with Crippen LogP contribution in [0.3, 0.4) is 0 Å². The van der Waals surface area contributed by atoms with Gasteiger partial charge in [-0.3, -0.25) is 4.79 Å². The Balaban J connectivity index is 2.02. The molecule has 0 saturated heterocycles. The molecular weight excluding hydrogens is 306 g/mol. The third kappa shape index (κ3) is 2.26. The minimum Gasteiger partial charge on any atom is -0.298 e. The highest BCUT2D eigenvalue weighted by Gasteiger charge is 2.15. The van der Waals surface area contributed by atoms with E-state index in [1.54, 1.807) is 17.5 Å². The predicted molar refractivity (Wildman–Crippen MR) is 91.9 cm³/mol. The van der Waals surface area contributed by atoms with E-state index in [9.17, 15) is 4.79 Å². The predicted octanol–water partition coefficient (Wildman–Crippen LogP) is 4.25. The van der Waals surface area contributed by atoms with Crippen molar-refractivity contribution in [3.63, 3.8) is 0 Å². The molecule has 1 aromatic carbocycles. The zero-order valence-corrected chi connectivity index (χ0v) is 13.2. The molecule has 4 rings (SSSR count). The average Bonchev–Trinajstić information content (AvgIpc) is 3.23. The van der Waals surface area contributed by atoms with Crippen molar-refractivity contribution in [2.75, 3.05) is 0 Å². The molecular formula is C18H13N3OS. The van der Waals surface area contributed by atoms with Crippen LogP contribution in [0.5, 0.6) is 0 Å². The first-order chi connectivity index (χ1) is 11.3. The van der Waals surface area contributed by atoms with Crippen molar-refractivity contribution in [2.24, 2.45) is 0 Å². The second-order valence-electron chi connectivity index (χ2n) is 5.26. The summed E-state index contributed by atoms with van der Waals surface area (Å²) in [6.07, 6.45) is 2.65. The van der Waals surface area contributed by atoms with Crippen molar-refractivity contribution in [2.45, 2.75) is 6.92 Å². The number of thiophene rings is 1. The highest BCUT2D eigenvalue weighted by atomic mass is 32.1. The smallest absolute Gasteiger partial charge is 0.163 e. The maximum absolute atomic E-state index is 11.3. The number of carbonyl (C=O) groups is 1. The fraction of sp³-hybridized carbons (Fsp3) is 0.0556. The SMILES string of the molecule is Cc1cc(-c2cccs2)n2ncc(-c3ccccc3C=O)c2n1. The van der Waals surface area contributed by atoms with Crippen molar-refractivity contribution in [1.29, 1.82) is 0 Å². The molecule has 0 N–H and O–H groups in total. The number of hydrogen-bond donors (Lipinski definition) is 0. The first kappa shape index (κ1) is 13.8. The van der Waals surface area contributed by atoms with Gasteiger partial charge in [0.05, 0.1) is 16.8 Å². The van der Waals surface area contributed by atoms with Crippen LogP contribution in [0.15, 0.2) is 54.0 Å². The molecule has 0 unspecified atom stereocenters. The zero-order chi connectivity index (χ0) is 15.8. The van der Waals surface area contributed by atoms with Gasteiger partial charge in [-0.1, -0.05) is 30.3 Å². The number of nitrogens with zero attached hydrogens (tertiary/aromatic N) is 3. The van der Waals surface area contributed by atoms with Crippen LogP contribution in [-0.2, 0) is 0 Å². The van der Waals surface area contributed by atoms with E-state index in [4.69, 9.17) is 0 Å². The molecule has 0 amide bonds. The van der Waals surface area contributed by atoms with Gasteiger partial charge in [-0.2, -0.15) is 5.10 Å². The van der Waals surface area contributed by atoms with Crippen molar-refractivity contribution >= 4 is 23.3 Å². The van der Waals surface area contributed by atoms with Crippen molar-refractivity contribution in [3.05, 3.63) is 65.3 Å². The van der Waals surface area contributed by atoms with Gasteiger partial charge in [0, 0.05) is 16.8 Å². The molecule has 23 heavy (non-hydrogen) atoms. The van der Waals surface area contributed by atoms with E-state index in [1.807, 2.05) is 53.2 Å². The highest BCUT2D eigenvalue weighted by Crippen LogP contribution is 2.31. The third-order valence-electron chi connectivity index (χ3n) is 3.75. The van der Waals surface area contributed by atoms with Gasteiger partial charge in [-0.05, 0) is 30.0 Å². The van der Waals surface area contributed by atoms with E-state index in [0.29, 0.717) is 5.56 Å². The number of rotatable bonds is 3. The molecule has 112 valence electrons. The van der Waals surface area contributed by atoms with E-state index >= 15 is 0 Å². The fourth-order valence-electron chi connectivity index (χ4n) is 2.72. The average molecular weight is 319 g/mol. The molecule has 0 atom stereocenters. The van der Waals surface area contributed by atoms with Crippen LogP contribution in [0.2, 0.25) is 0 Å². The number of benzene rings is 1. The van der Waals surface area contributed by atoms with E-state index in [1.165, 1.54) is 0 Å². The number of carbonyl (C=O) groups excluding carboxylic acids is 1. The Bertz CT molecular complexity index is 1000. The fourth-order valence-corrected chi connectivity index (χ4v) is 3.45. The maximum Gasteiger partial charge on any atom is 0.163 e. The van der Waals surface area contributed by atoms with Crippen LogP contribution in [0.25, 0.3) is 27.3 Å². The Morgan fingerprint density at radius 1 is 1.13 bits per heavy atom. The molecule has 0 aliphatic rings. The van der Waals surface area contributed by atoms with E-state index in [-0.39, 0.29) is 0 Å². The van der Waals surface area contributed by atoms with Gasteiger partial charge in [0.25, 0.3) is 0 Å². The van der Waals surface area contributed by atoms with Gasteiger partial charge in [0.15, 0.2) is 11.9 Å². The molecule has 4 aromatic rings. The summed E-state index contributed by atoms with van der Waals surface area (Å²) in [5, 5.41) is 6.56. The Hall–Kier alpha value is -2.79. The second-order valence-corrected chi connectivity index (χ2v) is 6.21. The number of aldehydes is 1. The van der Waals surface area contributed by atoms with Crippen LogP contribution < -0.4 is 0 Å². The summed E-state index contributed by atoms with van der Waals surface area (Å²) in [7, 11) is 0. The summed E-state index contributed by atoms with van der Waals surface area (Å²) in [5.74, 6) is 0. The molecule has 5 heteroatoms. The van der Waals surface area contributed by atoms with Gasteiger partial charge in [0.1, 0.15) is 0 Å². The van der Waals surface area contributed by atoms with Gasteiger partial charge >= 0.3 is 0 Å². The Labute approximate surface area is 137 Å². The zero-order valence-electron chi connectivity index (χ0n) is 12.4. The highest BCUT2D eigenvalue weighted by molar-refractivity contribution is 7.13. The van der Waals surface area contributed by atoms with Crippen LogP contribution in [-0.4, -0.2) is 20.9 Å². The topological polar surface area (TPSA) is 47.3 Å². The van der Waals surface area contributed by atoms with Gasteiger partial charge in [0.2, 0.25) is 0 Å². The molecule has 0 aliphatic heterocycles. The van der Waals surface area contributed by atoms with E-state index < -0.39 is 0 Å². The Kier molecular flexibility index (Phi) is 3.28. The maximum atomic E-state index is 11.3. The van der Waals surface area contributed by atoms with Crippen LogP contribution in [0.1, 0.15) is 16.1 Å². The largest absolute Gasteiger partial charge is 0.298 e. The molecule has 3 aromatic heterocycles. The first-order valence-corrected chi connectivity index (χ1v) is 8.10. The van der Waals surface area contributed by atoms with Gasteiger partial charge < -0.3 is 0 Å². The number of fused-ring (bicyclic) bond motifs is 1. The molecule has 0 aliphatic carbocycles. The summed E-state index contributed by atoms with van der Waals surface area (Å²) >= 11 is 1.67. The lowest BCUT2D eigenvalue weighted by Crippen LogP contribution is -1.97. The minimum atomic E-state index is 0.642. The van der Waals surface area contributed by atoms with E-state index in [2.05, 4.69) is 16.1 Å². The number of hydrogen-bond acceptors (Lipinski definition) is 4. The lowest BCUT2D eigenvalue weighted by Gasteiger charge is -2.06. The Morgan fingerprint density at radius 2 is 2.00 bits per heavy atom. The molecule has 0 spiro atoms. The monoisotopic (exact) mass is 319 g/mol. The third-order valence-corrected chi connectivity index (χ3v) is 4.64. The summed E-state index contributed by atoms with van der Waals surface area (Å²) in [4.78, 5) is 17.1. The van der Waals surface area contributed by atoms with Crippen molar-refractivity contribution in [1.82, 2.24) is 14.6 Å². The number of aromatic nitrogens is 3. The lowest BCUT2D eigenvalue weighted by molar-refractivity contribution is 0.112. The van der Waals surface area contributed by atoms with Crippen molar-refractivity contribution < 1.29 is 4.79 Å². The Morgan fingerprint density at radius 3 is 2.78 bits per heavy atom. The van der Waals surface area contributed by atoms with Gasteiger partial charge in [-0.15, -0.1) is 11.3 Å². The standard InChI is InChI=1S/C18H13N3OS/c1-12-9-16(17-7-4-8-23-17)21-18(20-12)15(10-19-21)14-6-3-2-5-13(14)11-22/h2-11H,1H3. The summed E-state index contributed by atoms with van der Waals surface area (Å²) in [6, 6.07) is 13.6. The van der Waals surface area contributed by atoms with E-state index in [0.717, 1.165) is 39.3 Å². The number of aryl methyl sites for hydroxylation is 1. The first-order valence-electron chi connectivity index (χ1n) is 7.22. The molecule has 0 fully saturated rings. The van der Waals surface area contributed by atoms with Crippen molar-refractivity contribution in [3.8, 4) is 21.7 Å². The quantitative estimate of drug-likeness (QED) is 0.530. The summed E-state index contributed by atoms with van der Waals surface area (Å²) in [5.41, 5.74) is 5.07. The molecule has 0 saturated carbocycles. The van der Waals surface area contributed by atoms with Crippen LogP contribution in [0.4, 0.5) is 0 Å². The lowest BCUT2D eigenvalue weighted by atomic mass is 10.0. The molecule has 4 nitrogen and oxygen atoms in total. The van der Waals surface area contributed by atoms with Gasteiger partial charge in [-0.25, -0.2) is 9.50 Å². The summed E-state index contributed by atoms with van der Waals surface area (Å²) < 4.78 is 1.84. The molecule has 0 radical (unpaired) electrons. The molecule has 0 bridgehead atoms. The summed E-state index contributed by atoms with van der Waals surface area (Å²) in [6.45, 7) is 1.97. The van der Waals surface area contributed by atoms with Crippen LogP contribution >= 0.6 is 11.3 Å². The second kappa shape index (κ2) is 5.44. The molecule has 3 heterocycles. The minimum absolute atomic E-state index is 0.642.